The molecule has 3 nitrogen and oxygen atoms in total. The summed E-state index contributed by atoms with van der Waals surface area (Å²) in [6.07, 6.45) is 1.70. The number of nitrogens with one attached hydrogen (secondary N) is 1. The Bertz CT molecular complexity index is 388. The van der Waals surface area contributed by atoms with Gasteiger partial charge in [-0.15, -0.1) is 0 Å². The van der Waals surface area contributed by atoms with E-state index in [1.807, 2.05) is 18.2 Å². The summed E-state index contributed by atoms with van der Waals surface area (Å²) in [6, 6.07) is 7.75. The van der Waals surface area contributed by atoms with E-state index in [4.69, 9.17) is 5.73 Å². The van der Waals surface area contributed by atoms with Crippen LogP contribution in [0.1, 0.15) is 38.3 Å². The number of carbonyl (C=O) groups excluding carboxylic acids is 1. The largest absolute Gasteiger partial charge is 0.351 e. The highest BCUT2D eigenvalue weighted by atomic mass is 16.2. The van der Waals surface area contributed by atoms with Crippen LogP contribution in [0.15, 0.2) is 24.3 Å². The van der Waals surface area contributed by atoms with E-state index in [9.17, 15) is 4.79 Å². The van der Waals surface area contributed by atoms with Crippen molar-refractivity contribution in [3.05, 3.63) is 35.4 Å². The van der Waals surface area contributed by atoms with Crippen LogP contribution in [-0.2, 0) is 17.8 Å². The van der Waals surface area contributed by atoms with Gasteiger partial charge >= 0.3 is 0 Å². The number of aryl methyl sites for hydroxylation is 1. The minimum absolute atomic E-state index is 0.0605. The fourth-order valence-electron chi connectivity index (χ4n) is 2.00. The van der Waals surface area contributed by atoms with Gasteiger partial charge in [0.1, 0.15) is 0 Å². The van der Waals surface area contributed by atoms with E-state index in [0.29, 0.717) is 12.5 Å². The molecule has 3 N–H and O–H groups in total. The average Bonchev–Trinajstić information content (AvgIpc) is 2.35. The summed E-state index contributed by atoms with van der Waals surface area (Å²) in [5.41, 5.74) is 8.29. The summed E-state index contributed by atoms with van der Waals surface area (Å²) in [7, 11) is 0. The first-order valence-electron chi connectivity index (χ1n) is 6.64. The Labute approximate surface area is 110 Å². The third-order valence-electron chi connectivity index (χ3n) is 3.01. The van der Waals surface area contributed by atoms with Crippen LogP contribution >= 0.6 is 0 Å². The maximum atomic E-state index is 11.8. The predicted octanol–water partition coefficient (Wildman–Crippen LogP) is 2.24. The quantitative estimate of drug-likeness (QED) is 0.811. The fourth-order valence-corrected chi connectivity index (χ4v) is 2.00. The summed E-state index contributed by atoms with van der Waals surface area (Å²) in [5, 5.41) is 2.91. The first kappa shape index (κ1) is 14.7. The van der Waals surface area contributed by atoms with Crippen LogP contribution < -0.4 is 11.1 Å². The van der Waals surface area contributed by atoms with Crippen molar-refractivity contribution in [2.45, 2.75) is 46.2 Å². The van der Waals surface area contributed by atoms with Crippen molar-refractivity contribution in [2.24, 2.45) is 11.7 Å². The number of hydrogen-bond acceptors (Lipinski definition) is 2. The topological polar surface area (TPSA) is 55.1 Å². The maximum absolute atomic E-state index is 11.8. The van der Waals surface area contributed by atoms with Gasteiger partial charge in [-0.3, -0.25) is 4.79 Å². The SMILES string of the molecule is CCc1ccccc1CNC(=O)[C@@H](N)CC(C)C. The molecule has 0 radical (unpaired) electrons. The molecule has 0 unspecified atom stereocenters. The second-order valence-electron chi connectivity index (χ2n) is 5.08. The smallest absolute Gasteiger partial charge is 0.237 e. The van der Waals surface area contributed by atoms with Gasteiger partial charge in [0.05, 0.1) is 6.04 Å². The molecule has 0 saturated heterocycles. The number of benzene rings is 1. The zero-order valence-electron chi connectivity index (χ0n) is 11.6. The minimum Gasteiger partial charge on any atom is -0.351 e. The molecule has 0 heterocycles. The molecule has 0 fully saturated rings. The molecule has 0 saturated carbocycles. The van der Waals surface area contributed by atoms with E-state index in [2.05, 4.69) is 32.2 Å². The molecule has 0 bridgehead atoms. The molecule has 100 valence electrons. The predicted molar refractivity (Wildman–Crippen MR) is 75.1 cm³/mol. The lowest BCUT2D eigenvalue weighted by Crippen LogP contribution is -2.41. The molecule has 1 amide bonds. The Morgan fingerprint density at radius 1 is 1.28 bits per heavy atom. The Morgan fingerprint density at radius 2 is 1.89 bits per heavy atom. The van der Waals surface area contributed by atoms with Crippen molar-refractivity contribution in [3.63, 3.8) is 0 Å². The van der Waals surface area contributed by atoms with Crippen LogP contribution in [-0.4, -0.2) is 11.9 Å². The van der Waals surface area contributed by atoms with E-state index < -0.39 is 6.04 Å². The van der Waals surface area contributed by atoms with Gasteiger partial charge in [0.2, 0.25) is 5.91 Å². The van der Waals surface area contributed by atoms with Crippen molar-refractivity contribution >= 4 is 5.91 Å². The van der Waals surface area contributed by atoms with Crippen LogP contribution in [0.3, 0.4) is 0 Å². The molecular formula is C15H24N2O. The van der Waals surface area contributed by atoms with E-state index in [1.54, 1.807) is 0 Å². The summed E-state index contributed by atoms with van der Waals surface area (Å²) < 4.78 is 0. The molecule has 1 atom stereocenters. The maximum Gasteiger partial charge on any atom is 0.237 e. The van der Waals surface area contributed by atoms with Gasteiger partial charge < -0.3 is 11.1 Å². The van der Waals surface area contributed by atoms with Gasteiger partial charge in [0.15, 0.2) is 0 Å². The normalized spacial score (nSPS) is 12.5. The Morgan fingerprint density at radius 3 is 2.44 bits per heavy atom. The average molecular weight is 248 g/mol. The molecule has 1 aromatic rings. The van der Waals surface area contributed by atoms with Crippen molar-refractivity contribution in [1.29, 1.82) is 0 Å². The Kier molecular flexibility index (Phi) is 5.86. The number of amides is 1. The van der Waals surface area contributed by atoms with Crippen LogP contribution in [0.5, 0.6) is 0 Å². The Hall–Kier alpha value is -1.35. The second kappa shape index (κ2) is 7.17. The minimum atomic E-state index is -0.404. The lowest BCUT2D eigenvalue weighted by Gasteiger charge is -2.15. The van der Waals surface area contributed by atoms with E-state index in [-0.39, 0.29) is 5.91 Å². The summed E-state index contributed by atoms with van der Waals surface area (Å²) >= 11 is 0. The van der Waals surface area contributed by atoms with Gasteiger partial charge in [0.25, 0.3) is 0 Å². The van der Waals surface area contributed by atoms with Gasteiger partial charge in [-0.1, -0.05) is 45.0 Å². The number of carbonyl (C=O) groups is 1. The summed E-state index contributed by atoms with van der Waals surface area (Å²) in [4.78, 5) is 11.8. The van der Waals surface area contributed by atoms with Crippen LogP contribution in [0.2, 0.25) is 0 Å². The number of rotatable bonds is 6. The van der Waals surface area contributed by atoms with E-state index in [1.165, 1.54) is 11.1 Å². The molecule has 1 aromatic carbocycles. The van der Waals surface area contributed by atoms with Crippen molar-refractivity contribution < 1.29 is 4.79 Å². The lowest BCUT2D eigenvalue weighted by molar-refractivity contribution is -0.122. The van der Waals surface area contributed by atoms with Crippen LogP contribution in [0.4, 0.5) is 0 Å². The third kappa shape index (κ3) is 4.49. The second-order valence-corrected chi connectivity index (χ2v) is 5.08. The van der Waals surface area contributed by atoms with E-state index in [0.717, 1.165) is 12.8 Å². The highest BCUT2D eigenvalue weighted by Gasteiger charge is 2.14. The van der Waals surface area contributed by atoms with Crippen molar-refractivity contribution in [1.82, 2.24) is 5.32 Å². The molecule has 0 aliphatic carbocycles. The molecule has 0 spiro atoms. The molecule has 0 aromatic heterocycles. The monoisotopic (exact) mass is 248 g/mol. The first-order valence-corrected chi connectivity index (χ1v) is 6.64. The summed E-state index contributed by atoms with van der Waals surface area (Å²) in [5.74, 6) is 0.378. The fraction of sp³-hybridized carbons (Fsp3) is 0.533. The lowest BCUT2D eigenvalue weighted by atomic mass is 10.0. The molecule has 3 heteroatoms. The Balaban J connectivity index is 2.52. The zero-order valence-corrected chi connectivity index (χ0v) is 11.6. The van der Waals surface area contributed by atoms with Gasteiger partial charge in [0, 0.05) is 6.54 Å². The molecular weight excluding hydrogens is 224 g/mol. The van der Waals surface area contributed by atoms with Crippen LogP contribution in [0, 0.1) is 5.92 Å². The third-order valence-corrected chi connectivity index (χ3v) is 3.01. The van der Waals surface area contributed by atoms with Gasteiger partial charge in [-0.2, -0.15) is 0 Å². The molecule has 0 aliphatic heterocycles. The molecule has 1 rings (SSSR count). The summed E-state index contributed by atoms with van der Waals surface area (Å²) in [6.45, 7) is 6.82. The van der Waals surface area contributed by atoms with Crippen LogP contribution in [0.25, 0.3) is 0 Å². The zero-order chi connectivity index (χ0) is 13.5. The van der Waals surface area contributed by atoms with Gasteiger partial charge in [-0.25, -0.2) is 0 Å². The number of nitrogens with two attached hydrogens (primary N) is 1. The first-order chi connectivity index (χ1) is 8.54. The highest BCUT2D eigenvalue weighted by molar-refractivity contribution is 5.81. The molecule has 0 aliphatic rings. The number of hydrogen-bond donors (Lipinski definition) is 2. The molecule has 18 heavy (non-hydrogen) atoms. The standard InChI is InChI=1S/C15H24N2O/c1-4-12-7-5-6-8-13(12)10-17-15(18)14(16)9-11(2)3/h5-8,11,14H,4,9-10,16H2,1-3H3,(H,17,18)/t14-/m0/s1. The highest BCUT2D eigenvalue weighted by Crippen LogP contribution is 2.09. The van der Waals surface area contributed by atoms with E-state index >= 15 is 0 Å². The van der Waals surface area contributed by atoms with Crippen molar-refractivity contribution in [3.8, 4) is 0 Å². The van der Waals surface area contributed by atoms with Gasteiger partial charge in [-0.05, 0) is 29.9 Å². The van der Waals surface area contributed by atoms with Crippen molar-refractivity contribution in [2.75, 3.05) is 0 Å².